The molecule has 1 fully saturated rings. The van der Waals surface area contributed by atoms with Gasteiger partial charge in [-0.3, -0.25) is 4.79 Å². The normalized spacial score (nSPS) is 14.2. The second kappa shape index (κ2) is 7.67. The fourth-order valence-corrected chi connectivity index (χ4v) is 3.20. The number of anilines is 1. The Balaban J connectivity index is 1.40. The van der Waals surface area contributed by atoms with Crippen molar-refractivity contribution in [3.8, 4) is 11.4 Å². The maximum absolute atomic E-state index is 13.1. The summed E-state index contributed by atoms with van der Waals surface area (Å²) in [6.45, 7) is 2.52. The fraction of sp³-hybridized carbons (Fsp3) is 0.250. The van der Waals surface area contributed by atoms with Gasteiger partial charge in [0.05, 0.1) is 19.0 Å². The van der Waals surface area contributed by atoms with Gasteiger partial charge in [-0.1, -0.05) is 5.21 Å². The molecule has 28 heavy (non-hydrogen) atoms. The van der Waals surface area contributed by atoms with Gasteiger partial charge in [-0.25, -0.2) is 9.07 Å². The highest BCUT2D eigenvalue weighted by atomic mass is 19.1. The number of ether oxygens (including phenoxy) is 1. The highest BCUT2D eigenvalue weighted by Crippen LogP contribution is 2.18. The van der Waals surface area contributed by atoms with Crippen molar-refractivity contribution in [1.82, 2.24) is 19.9 Å². The molecule has 1 aliphatic rings. The van der Waals surface area contributed by atoms with E-state index in [0.717, 1.165) is 17.1 Å². The molecule has 0 bridgehead atoms. The lowest BCUT2D eigenvalue weighted by Gasteiger charge is -2.35. The zero-order valence-corrected chi connectivity index (χ0v) is 15.5. The standard InChI is InChI=1S/C20H20FN5O2/c1-28-18-8-6-17(7-9-18)26-14-19(22-23-26)20(27)25-12-10-24(11-13-25)16-4-2-15(21)3-5-16/h2-9,14H,10-13H2,1H3. The van der Waals surface area contributed by atoms with Crippen LogP contribution < -0.4 is 9.64 Å². The van der Waals surface area contributed by atoms with Gasteiger partial charge in [-0.15, -0.1) is 5.10 Å². The minimum Gasteiger partial charge on any atom is -0.497 e. The summed E-state index contributed by atoms with van der Waals surface area (Å²) in [6, 6.07) is 13.8. The lowest BCUT2D eigenvalue weighted by atomic mass is 10.2. The van der Waals surface area contributed by atoms with Crippen molar-refractivity contribution in [3.05, 3.63) is 66.2 Å². The number of nitrogens with zero attached hydrogens (tertiary/aromatic N) is 5. The molecule has 0 saturated carbocycles. The molecule has 1 aliphatic heterocycles. The first kappa shape index (κ1) is 18.0. The van der Waals surface area contributed by atoms with Gasteiger partial charge >= 0.3 is 0 Å². The minimum absolute atomic E-state index is 0.140. The molecule has 2 heterocycles. The van der Waals surface area contributed by atoms with Crippen molar-refractivity contribution >= 4 is 11.6 Å². The monoisotopic (exact) mass is 381 g/mol. The maximum atomic E-state index is 13.1. The van der Waals surface area contributed by atoms with Crippen LogP contribution >= 0.6 is 0 Å². The van der Waals surface area contributed by atoms with E-state index in [0.29, 0.717) is 31.9 Å². The van der Waals surface area contributed by atoms with Gasteiger partial charge in [0, 0.05) is 31.9 Å². The van der Waals surface area contributed by atoms with Gasteiger partial charge < -0.3 is 14.5 Å². The lowest BCUT2D eigenvalue weighted by Crippen LogP contribution is -2.48. The summed E-state index contributed by atoms with van der Waals surface area (Å²) in [6.07, 6.45) is 1.64. The Bertz CT molecular complexity index is 947. The van der Waals surface area contributed by atoms with Crippen LogP contribution in [-0.2, 0) is 0 Å². The number of hydrogen-bond acceptors (Lipinski definition) is 5. The average molecular weight is 381 g/mol. The first-order valence-electron chi connectivity index (χ1n) is 9.00. The number of amides is 1. The van der Waals surface area contributed by atoms with Crippen LogP contribution in [0.25, 0.3) is 5.69 Å². The van der Waals surface area contributed by atoms with Crippen LogP contribution in [0.2, 0.25) is 0 Å². The van der Waals surface area contributed by atoms with Gasteiger partial charge in [0.2, 0.25) is 0 Å². The summed E-state index contributed by atoms with van der Waals surface area (Å²) < 4.78 is 19.8. The summed E-state index contributed by atoms with van der Waals surface area (Å²) in [5.41, 5.74) is 2.07. The number of hydrogen-bond donors (Lipinski definition) is 0. The van der Waals surface area contributed by atoms with Crippen molar-refractivity contribution in [2.75, 3.05) is 38.2 Å². The Labute approximate surface area is 161 Å². The van der Waals surface area contributed by atoms with E-state index in [1.165, 1.54) is 12.1 Å². The number of carbonyl (C=O) groups excluding carboxylic acids is 1. The van der Waals surface area contributed by atoms with E-state index in [2.05, 4.69) is 15.2 Å². The van der Waals surface area contributed by atoms with Crippen LogP contribution in [0.3, 0.4) is 0 Å². The largest absolute Gasteiger partial charge is 0.497 e. The number of halogens is 1. The zero-order valence-electron chi connectivity index (χ0n) is 15.5. The topological polar surface area (TPSA) is 63.5 Å². The van der Waals surface area contributed by atoms with Gasteiger partial charge in [0.1, 0.15) is 11.6 Å². The quantitative estimate of drug-likeness (QED) is 0.694. The molecule has 3 aromatic rings. The third-order valence-electron chi connectivity index (χ3n) is 4.81. The van der Waals surface area contributed by atoms with Crippen LogP contribution in [0.4, 0.5) is 10.1 Å². The Hall–Kier alpha value is -3.42. The Morgan fingerprint density at radius 3 is 2.25 bits per heavy atom. The van der Waals surface area contributed by atoms with Gasteiger partial charge in [0.15, 0.2) is 5.69 Å². The predicted molar refractivity (Wildman–Crippen MR) is 102 cm³/mol. The van der Waals surface area contributed by atoms with E-state index >= 15 is 0 Å². The molecule has 0 aliphatic carbocycles. The van der Waals surface area contributed by atoms with Crippen LogP contribution in [0.15, 0.2) is 54.7 Å². The van der Waals surface area contributed by atoms with Crippen molar-refractivity contribution < 1.29 is 13.9 Å². The summed E-state index contributed by atoms with van der Waals surface area (Å²) in [7, 11) is 1.61. The second-order valence-corrected chi connectivity index (χ2v) is 6.50. The van der Waals surface area contributed by atoms with E-state index < -0.39 is 0 Å². The van der Waals surface area contributed by atoms with Gasteiger partial charge in [0.25, 0.3) is 5.91 Å². The van der Waals surface area contributed by atoms with Crippen LogP contribution in [0, 0.1) is 5.82 Å². The third kappa shape index (κ3) is 3.66. The van der Waals surface area contributed by atoms with Crippen molar-refractivity contribution in [1.29, 1.82) is 0 Å². The molecular formula is C20H20FN5O2. The van der Waals surface area contributed by atoms with E-state index in [1.54, 1.807) is 35.0 Å². The zero-order chi connectivity index (χ0) is 19.5. The summed E-state index contributed by atoms with van der Waals surface area (Å²) >= 11 is 0. The van der Waals surface area contributed by atoms with E-state index in [4.69, 9.17) is 4.74 Å². The molecule has 8 heteroatoms. The molecule has 0 spiro atoms. The van der Waals surface area contributed by atoms with Gasteiger partial charge in [-0.2, -0.15) is 0 Å². The molecule has 1 amide bonds. The Morgan fingerprint density at radius 2 is 1.61 bits per heavy atom. The van der Waals surface area contributed by atoms with Crippen LogP contribution in [0.5, 0.6) is 5.75 Å². The molecule has 7 nitrogen and oxygen atoms in total. The first-order chi connectivity index (χ1) is 13.6. The molecule has 1 aromatic heterocycles. The number of aromatic nitrogens is 3. The van der Waals surface area contributed by atoms with Crippen LogP contribution in [-0.4, -0.2) is 59.1 Å². The maximum Gasteiger partial charge on any atom is 0.276 e. The third-order valence-corrected chi connectivity index (χ3v) is 4.81. The molecule has 1 saturated heterocycles. The van der Waals surface area contributed by atoms with Crippen molar-refractivity contribution in [3.63, 3.8) is 0 Å². The number of carbonyl (C=O) groups is 1. The minimum atomic E-state index is -0.252. The predicted octanol–water partition coefficient (Wildman–Crippen LogP) is 2.38. The van der Waals surface area contributed by atoms with Gasteiger partial charge in [-0.05, 0) is 48.5 Å². The number of piperazine rings is 1. The molecular weight excluding hydrogens is 361 g/mol. The van der Waals surface area contributed by atoms with E-state index in [1.807, 2.05) is 24.3 Å². The molecule has 0 atom stereocenters. The average Bonchev–Trinajstić information content (AvgIpc) is 3.24. The Morgan fingerprint density at radius 1 is 0.964 bits per heavy atom. The second-order valence-electron chi connectivity index (χ2n) is 6.50. The molecule has 4 rings (SSSR count). The first-order valence-corrected chi connectivity index (χ1v) is 9.00. The Kier molecular flexibility index (Phi) is 4.92. The molecule has 0 N–H and O–H groups in total. The number of rotatable bonds is 4. The molecule has 0 unspecified atom stereocenters. The molecule has 144 valence electrons. The fourth-order valence-electron chi connectivity index (χ4n) is 3.20. The summed E-state index contributed by atoms with van der Waals surface area (Å²) in [5, 5.41) is 8.09. The van der Waals surface area contributed by atoms with E-state index in [9.17, 15) is 9.18 Å². The summed E-state index contributed by atoms with van der Waals surface area (Å²) in [5.74, 6) is 0.357. The van der Waals surface area contributed by atoms with Crippen LogP contribution in [0.1, 0.15) is 10.5 Å². The molecule has 0 radical (unpaired) electrons. The summed E-state index contributed by atoms with van der Waals surface area (Å²) in [4.78, 5) is 16.7. The SMILES string of the molecule is COc1ccc(-n2cc(C(=O)N3CCN(c4ccc(F)cc4)CC3)nn2)cc1. The van der Waals surface area contributed by atoms with Crippen molar-refractivity contribution in [2.45, 2.75) is 0 Å². The number of methoxy groups -OCH3 is 1. The smallest absolute Gasteiger partial charge is 0.276 e. The number of benzene rings is 2. The molecule has 2 aromatic carbocycles. The van der Waals surface area contributed by atoms with Crippen molar-refractivity contribution in [2.24, 2.45) is 0 Å². The van der Waals surface area contributed by atoms with E-state index in [-0.39, 0.29) is 11.7 Å². The lowest BCUT2D eigenvalue weighted by molar-refractivity contribution is 0.0741. The highest BCUT2D eigenvalue weighted by Gasteiger charge is 2.24. The highest BCUT2D eigenvalue weighted by molar-refractivity contribution is 5.92.